The smallest absolute Gasteiger partial charge is 0.281 e. The summed E-state index contributed by atoms with van der Waals surface area (Å²) in [6.07, 6.45) is -0.270. The van der Waals surface area contributed by atoms with Crippen molar-refractivity contribution in [3.05, 3.63) is 27.0 Å². The topological polar surface area (TPSA) is 32.3 Å². The molecule has 1 unspecified atom stereocenters. The lowest BCUT2D eigenvalue weighted by atomic mass is 10.1. The van der Waals surface area contributed by atoms with Crippen molar-refractivity contribution >= 4 is 35.2 Å². The summed E-state index contributed by atoms with van der Waals surface area (Å²) < 4.78 is 27.0. The Morgan fingerprint density at radius 3 is 2.77 bits per heavy atom. The molecule has 0 bridgehead atoms. The van der Waals surface area contributed by atoms with Crippen molar-refractivity contribution in [2.45, 2.75) is 45.4 Å². The molecule has 1 amide bonds. The Hall–Kier alpha value is -1.08. The van der Waals surface area contributed by atoms with Crippen molar-refractivity contribution in [1.29, 1.82) is 0 Å². The van der Waals surface area contributed by atoms with E-state index < -0.39 is 6.43 Å². The highest BCUT2D eigenvalue weighted by molar-refractivity contribution is 8.04. The molecule has 0 spiro atoms. The van der Waals surface area contributed by atoms with Crippen LogP contribution in [-0.4, -0.2) is 18.2 Å². The lowest BCUT2D eigenvalue weighted by Crippen LogP contribution is -2.29. The van der Waals surface area contributed by atoms with Crippen LogP contribution in [0.15, 0.2) is 22.2 Å². The molecule has 22 heavy (non-hydrogen) atoms. The van der Waals surface area contributed by atoms with Gasteiger partial charge in [0.05, 0.1) is 11.1 Å². The first-order chi connectivity index (χ1) is 10.5. The maximum Gasteiger partial charge on any atom is 0.281 e. The van der Waals surface area contributed by atoms with Gasteiger partial charge < -0.3 is 10.2 Å². The van der Waals surface area contributed by atoms with E-state index in [2.05, 4.69) is 19.2 Å². The Bertz CT molecular complexity index is 557. The number of hydrogen-bond acceptors (Lipinski definition) is 4. The van der Waals surface area contributed by atoms with E-state index in [4.69, 9.17) is 0 Å². The van der Waals surface area contributed by atoms with Gasteiger partial charge in [-0.3, -0.25) is 4.79 Å². The summed E-state index contributed by atoms with van der Waals surface area (Å²) in [7, 11) is 0. The van der Waals surface area contributed by atoms with E-state index in [0.717, 1.165) is 23.4 Å². The van der Waals surface area contributed by atoms with Crippen molar-refractivity contribution in [2.75, 3.05) is 4.90 Å². The second-order valence-electron chi connectivity index (χ2n) is 5.53. The van der Waals surface area contributed by atoms with Gasteiger partial charge in [0.15, 0.2) is 0 Å². The summed E-state index contributed by atoms with van der Waals surface area (Å²) in [6, 6.07) is 1.89. The van der Waals surface area contributed by atoms with Gasteiger partial charge in [0.25, 0.3) is 6.43 Å². The number of nitrogens with zero attached hydrogens (tertiary/aromatic N) is 1. The molecule has 0 aromatic carbocycles. The fraction of sp³-hybridized carbons (Fsp3) is 0.533. The standard InChI is InChI=1S/C15H20F2N2OS2/c1-9(2)4-5-12-11(6-7-21-12)19-10(3)22-15(18-8-20)13(19)14(16)17/h6-10,14H,4-5H2,1-3H3,(H,18,20). The van der Waals surface area contributed by atoms with Crippen molar-refractivity contribution in [2.24, 2.45) is 5.92 Å². The number of anilines is 1. The molecule has 0 saturated carbocycles. The number of rotatable bonds is 7. The number of amides is 1. The number of alkyl halides is 2. The van der Waals surface area contributed by atoms with Crippen molar-refractivity contribution in [1.82, 2.24) is 5.32 Å². The monoisotopic (exact) mass is 346 g/mol. The zero-order chi connectivity index (χ0) is 16.3. The van der Waals surface area contributed by atoms with E-state index in [1.807, 2.05) is 18.4 Å². The maximum atomic E-state index is 13.5. The quantitative estimate of drug-likeness (QED) is 0.742. The first-order valence-electron chi connectivity index (χ1n) is 7.20. The molecular weight excluding hydrogens is 326 g/mol. The van der Waals surface area contributed by atoms with E-state index in [1.165, 1.54) is 11.8 Å². The van der Waals surface area contributed by atoms with Crippen molar-refractivity contribution in [3.63, 3.8) is 0 Å². The van der Waals surface area contributed by atoms with Gasteiger partial charge in [-0.15, -0.1) is 11.3 Å². The normalized spacial score (nSPS) is 18.7. The molecule has 3 nitrogen and oxygen atoms in total. The van der Waals surface area contributed by atoms with Gasteiger partial charge in [-0.1, -0.05) is 25.6 Å². The fourth-order valence-corrected chi connectivity index (χ4v) is 4.42. The Morgan fingerprint density at radius 1 is 1.45 bits per heavy atom. The van der Waals surface area contributed by atoms with Gasteiger partial charge in [0.1, 0.15) is 10.7 Å². The van der Waals surface area contributed by atoms with Crippen LogP contribution in [0, 0.1) is 5.92 Å². The lowest BCUT2D eigenvalue weighted by molar-refractivity contribution is -0.108. The SMILES string of the molecule is CC(C)CCc1sccc1N1C(C(F)F)=C(NC=O)SC1C. The molecule has 0 saturated heterocycles. The zero-order valence-corrected chi connectivity index (χ0v) is 14.4. The number of carbonyl (C=O) groups is 1. The van der Waals surface area contributed by atoms with Crippen LogP contribution >= 0.6 is 23.1 Å². The largest absolute Gasteiger partial charge is 0.324 e. The molecule has 1 aliphatic rings. The minimum Gasteiger partial charge on any atom is -0.324 e. The first kappa shape index (κ1) is 17.3. The predicted molar refractivity (Wildman–Crippen MR) is 89.2 cm³/mol. The molecule has 122 valence electrons. The van der Waals surface area contributed by atoms with Gasteiger partial charge in [-0.05, 0) is 37.1 Å². The van der Waals surface area contributed by atoms with Gasteiger partial charge >= 0.3 is 0 Å². The summed E-state index contributed by atoms with van der Waals surface area (Å²) in [4.78, 5) is 13.4. The van der Waals surface area contributed by atoms with Gasteiger partial charge in [-0.25, -0.2) is 8.78 Å². The number of halogens is 2. The van der Waals surface area contributed by atoms with Crippen LogP contribution < -0.4 is 10.2 Å². The van der Waals surface area contributed by atoms with Gasteiger partial charge in [0.2, 0.25) is 6.41 Å². The van der Waals surface area contributed by atoms with Crippen LogP contribution in [0.25, 0.3) is 0 Å². The number of carbonyl (C=O) groups excluding carboxylic acids is 1. The van der Waals surface area contributed by atoms with E-state index in [1.54, 1.807) is 16.2 Å². The van der Waals surface area contributed by atoms with Crippen LogP contribution in [0.5, 0.6) is 0 Å². The third-order valence-electron chi connectivity index (χ3n) is 3.47. The van der Waals surface area contributed by atoms with Crippen molar-refractivity contribution < 1.29 is 13.6 Å². The molecule has 1 aromatic heterocycles. The summed E-state index contributed by atoms with van der Waals surface area (Å²) in [6.45, 7) is 6.17. The molecule has 0 aliphatic carbocycles. The van der Waals surface area contributed by atoms with Crippen molar-refractivity contribution in [3.8, 4) is 0 Å². The lowest BCUT2D eigenvalue weighted by Gasteiger charge is -2.26. The number of aryl methyl sites for hydroxylation is 1. The molecule has 2 heterocycles. The number of allylic oxidation sites excluding steroid dienone is 1. The minimum atomic E-state index is -2.63. The number of nitrogens with one attached hydrogen (secondary N) is 1. The first-order valence-corrected chi connectivity index (χ1v) is 8.96. The molecule has 1 N–H and O–H groups in total. The third kappa shape index (κ3) is 3.63. The number of hydrogen-bond donors (Lipinski definition) is 1. The highest BCUT2D eigenvalue weighted by Gasteiger charge is 2.37. The zero-order valence-electron chi connectivity index (χ0n) is 12.8. The summed E-state index contributed by atoms with van der Waals surface area (Å²) in [5, 5.41) is 4.43. The Morgan fingerprint density at radius 2 is 2.18 bits per heavy atom. The van der Waals surface area contributed by atoms with E-state index in [-0.39, 0.29) is 16.1 Å². The van der Waals surface area contributed by atoms with E-state index in [9.17, 15) is 13.6 Å². The molecule has 1 atom stereocenters. The number of thiophene rings is 1. The van der Waals surface area contributed by atoms with Gasteiger partial charge in [0, 0.05) is 4.88 Å². The fourth-order valence-electron chi connectivity index (χ4n) is 2.44. The molecular formula is C15H20F2N2OS2. The van der Waals surface area contributed by atoms with E-state index >= 15 is 0 Å². The molecule has 2 rings (SSSR count). The highest BCUT2D eigenvalue weighted by atomic mass is 32.2. The van der Waals surface area contributed by atoms with Crippen LogP contribution in [0.1, 0.15) is 32.1 Å². The van der Waals surface area contributed by atoms with E-state index in [0.29, 0.717) is 12.3 Å². The molecule has 7 heteroatoms. The second-order valence-corrected chi connectivity index (χ2v) is 7.85. The summed E-state index contributed by atoms with van der Waals surface area (Å²) in [5.41, 5.74) is 0.734. The molecule has 1 aromatic rings. The van der Waals surface area contributed by atoms with Gasteiger partial charge in [-0.2, -0.15) is 0 Å². The summed E-state index contributed by atoms with van der Waals surface area (Å²) >= 11 is 2.85. The number of thioether (sulfide) groups is 1. The van der Waals surface area contributed by atoms with Crippen LogP contribution in [0.4, 0.5) is 14.5 Å². The minimum absolute atomic E-state index is 0.103. The Balaban J connectivity index is 2.34. The second kappa shape index (κ2) is 7.46. The molecule has 0 fully saturated rings. The average Bonchev–Trinajstić information content (AvgIpc) is 3.00. The summed E-state index contributed by atoms with van der Waals surface area (Å²) in [5.74, 6) is 0.567. The Kier molecular flexibility index (Phi) is 5.86. The maximum absolute atomic E-state index is 13.5. The molecule has 1 aliphatic heterocycles. The van der Waals surface area contributed by atoms with Crippen LogP contribution in [-0.2, 0) is 11.2 Å². The highest BCUT2D eigenvalue weighted by Crippen LogP contribution is 2.44. The predicted octanol–water partition coefficient (Wildman–Crippen LogP) is 4.42. The average molecular weight is 346 g/mol. The molecule has 0 radical (unpaired) electrons. The third-order valence-corrected chi connectivity index (χ3v) is 5.56. The Labute approximate surface area is 137 Å². The van der Waals surface area contributed by atoms with Crippen LogP contribution in [0.2, 0.25) is 0 Å². The van der Waals surface area contributed by atoms with Crippen LogP contribution in [0.3, 0.4) is 0 Å².